The first-order valence-corrected chi connectivity index (χ1v) is 8.87. The molecule has 6 nitrogen and oxygen atoms in total. The minimum absolute atomic E-state index is 0.00686. The SMILES string of the molecule is O=C(O)CN(CC1CC1)C1CC(NC(=O)Nc2cc(Cl)cc(F)c2F)C1. The third kappa shape index (κ3) is 4.82. The fourth-order valence-electron chi connectivity index (χ4n) is 3.14. The number of hydrogen-bond acceptors (Lipinski definition) is 3. The Morgan fingerprint density at radius 3 is 2.58 bits per heavy atom. The predicted octanol–water partition coefficient (Wildman–Crippen LogP) is 3.07. The van der Waals surface area contributed by atoms with Crippen molar-refractivity contribution < 1.29 is 23.5 Å². The van der Waals surface area contributed by atoms with Crippen molar-refractivity contribution in [2.24, 2.45) is 5.92 Å². The molecule has 0 radical (unpaired) electrons. The van der Waals surface area contributed by atoms with E-state index in [-0.39, 0.29) is 29.3 Å². The highest BCUT2D eigenvalue weighted by Crippen LogP contribution is 2.33. The summed E-state index contributed by atoms with van der Waals surface area (Å²) in [5, 5.41) is 13.9. The van der Waals surface area contributed by atoms with Crippen molar-refractivity contribution >= 4 is 29.3 Å². The topological polar surface area (TPSA) is 81.7 Å². The van der Waals surface area contributed by atoms with Gasteiger partial charge in [0.05, 0.1) is 12.2 Å². The third-order valence-corrected chi connectivity index (χ3v) is 4.95. The van der Waals surface area contributed by atoms with Gasteiger partial charge in [0, 0.05) is 23.7 Å². The summed E-state index contributed by atoms with van der Waals surface area (Å²) in [6.45, 7) is 0.760. The van der Waals surface area contributed by atoms with Crippen LogP contribution in [0.25, 0.3) is 0 Å². The summed E-state index contributed by atoms with van der Waals surface area (Å²) in [6.07, 6.45) is 3.52. The zero-order chi connectivity index (χ0) is 18.8. The van der Waals surface area contributed by atoms with E-state index in [0.717, 1.165) is 31.5 Å². The van der Waals surface area contributed by atoms with E-state index in [0.29, 0.717) is 18.8 Å². The Morgan fingerprint density at radius 2 is 1.96 bits per heavy atom. The van der Waals surface area contributed by atoms with Crippen LogP contribution in [0.3, 0.4) is 0 Å². The molecule has 0 bridgehead atoms. The molecule has 0 aliphatic heterocycles. The predicted molar refractivity (Wildman–Crippen MR) is 92.3 cm³/mol. The summed E-state index contributed by atoms with van der Waals surface area (Å²) in [5.41, 5.74) is -0.329. The first-order chi connectivity index (χ1) is 12.3. The molecule has 9 heteroatoms. The Balaban J connectivity index is 1.48. The minimum Gasteiger partial charge on any atom is -0.480 e. The summed E-state index contributed by atoms with van der Waals surface area (Å²) in [5.74, 6) is -2.60. The number of nitrogens with one attached hydrogen (secondary N) is 2. The van der Waals surface area contributed by atoms with Crippen molar-refractivity contribution in [1.29, 1.82) is 0 Å². The number of carboxylic acid groups (broad SMARTS) is 1. The largest absolute Gasteiger partial charge is 0.480 e. The van der Waals surface area contributed by atoms with Crippen LogP contribution in [0.15, 0.2) is 12.1 Å². The normalized spacial score (nSPS) is 22.0. The summed E-state index contributed by atoms with van der Waals surface area (Å²) < 4.78 is 27.0. The molecule has 3 N–H and O–H groups in total. The van der Waals surface area contributed by atoms with Gasteiger partial charge >= 0.3 is 12.0 Å². The highest BCUT2D eigenvalue weighted by atomic mass is 35.5. The summed E-state index contributed by atoms with van der Waals surface area (Å²) in [6, 6.07) is 1.28. The molecule has 1 aromatic rings. The van der Waals surface area contributed by atoms with Crippen LogP contribution in [-0.2, 0) is 4.79 Å². The number of anilines is 1. The number of rotatable bonds is 7. The molecule has 26 heavy (non-hydrogen) atoms. The Kier molecular flexibility index (Phi) is 5.62. The lowest BCUT2D eigenvalue weighted by atomic mass is 9.85. The Bertz CT molecular complexity index is 709. The fraction of sp³-hybridized carbons (Fsp3) is 0.529. The number of benzene rings is 1. The van der Waals surface area contributed by atoms with Crippen LogP contribution in [0.2, 0.25) is 5.02 Å². The highest BCUT2D eigenvalue weighted by Gasteiger charge is 2.37. The molecule has 3 rings (SSSR count). The van der Waals surface area contributed by atoms with Crippen LogP contribution in [0, 0.1) is 17.6 Å². The average molecular weight is 388 g/mol. The number of halogens is 3. The molecule has 0 spiro atoms. The first-order valence-electron chi connectivity index (χ1n) is 8.49. The van der Waals surface area contributed by atoms with E-state index in [1.54, 1.807) is 0 Å². The van der Waals surface area contributed by atoms with E-state index in [9.17, 15) is 18.4 Å². The van der Waals surface area contributed by atoms with Gasteiger partial charge in [0.25, 0.3) is 0 Å². The first kappa shape index (κ1) is 18.8. The Labute approximate surface area is 154 Å². The zero-order valence-corrected chi connectivity index (χ0v) is 14.7. The number of hydrogen-bond donors (Lipinski definition) is 3. The lowest BCUT2D eigenvalue weighted by Gasteiger charge is -2.42. The van der Waals surface area contributed by atoms with Crippen LogP contribution in [0.1, 0.15) is 25.7 Å². The van der Waals surface area contributed by atoms with Crippen LogP contribution in [0.4, 0.5) is 19.3 Å². The van der Waals surface area contributed by atoms with Crippen molar-refractivity contribution in [3.8, 4) is 0 Å². The molecule has 2 saturated carbocycles. The molecule has 2 aliphatic rings. The second kappa shape index (κ2) is 7.75. The van der Waals surface area contributed by atoms with Gasteiger partial charge in [0.2, 0.25) is 0 Å². The van der Waals surface area contributed by atoms with E-state index in [4.69, 9.17) is 16.7 Å². The third-order valence-electron chi connectivity index (χ3n) is 4.73. The lowest BCUT2D eigenvalue weighted by molar-refractivity contribution is -0.139. The number of urea groups is 1. The van der Waals surface area contributed by atoms with Gasteiger partial charge in [-0.05, 0) is 43.7 Å². The van der Waals surface area contributed by atoms with E-state index in [1.165, 1.54) is 0 Å². The molecule has 2 amide bonds. The number of carboxylic acids is 1. The maximum atomic E-state index is 13.7. The average Bonchev–Trinajstić information content (AvgIpc) is 3.30. The number of carbonyl (C=O) groups excluding carboxylic acids is 1. The van der Waals surface area contributed by atoms with Gasteiger partial charge in [-0.25, -0.2) is 13.6 Å². The maximum Gasteiger partial charge on any atom is 0.319 e. The Hall–Kier alpha value is -1.93. The molecule has 0 saturated heterocycles. The van der Waals surface area contributed by atoms with Crippen LogP contribution in [-0.4, -0.2) is 47.2 Å². The van der Waals surface area contributed by atoms with Gasteiger partial charge in [0.15, 0.2) is 11.6 Å². The molecule has 2 fully saturated rings. The molecule has 0 atom stereocenters. The summed E-state index contributed by atoms with van der Waals surface area (Å²) in [7, 11) is 0. The van der Waals surface area contributed by atoms with Crippen LogP contribution in [0.5, 0.6) is 0 Å². The van der Waals surface area contributed by atoms with Gasteiger partial charge < -0.3 is 15.7 Å². The quantitative estimate of drug-likeness (QED) is 0.628. The minimum atomic E-state index is -1.17. The summed E-state index contributed by atoms with van der Waals surface area (Å²) in [4.78, 5) is 24.9. The zero-order valence-electron chi connectivity index (χ0n) is 14.0. The second-order valence-corrected chi connectivity index (χ2v) is 7.37. The van der Waals surface area contributed by atoms with Crippen molar-refractivity contribution in [1.82, 2.24) is 10.2 Å². The van der Waals surface area contributed by atoms with Gasteiger partial charge in [0.1, 0.15) is 0 Å². The van der Waals surface area contributed by atoms with Gasteiger partial charge in [-0.3, -0.25) is 9.69 Å². The molecule has 0 unspecified atom stereocenters. The smallest absolute Gasteiger partial charge is 0.319 e. The van der Waals surface area contributed by atoms with E-state index in [2.05, 4.69) is 10.6 Å². The van der Waals surface area contributed by atoms with Crippen molar-refractivity contribution in [3.05, 3.63) is 28.8 Å². The highest BCUT2D eigenvalue weighted by molar-refractivity contribution is 6.30. The Morgan fingerprint density at radius 1 is 1.27 bits per heavy atom. The molecule has 0 heterocycles. The maximum absolute atomic E-state index is 13.7. The van der Waals surface area contributed by atoms with Gasteiger partial charge in [-0.2, -0.15) is 0 Å². The number of carbonyl (C=O) groups is 2. The fourth-order valence-corrected chi connectivity index (χ4v) is 3.35. The summed E-state index contributed by atoms with van der Waals surface area (Å²) >= 11 is 5.66. The van der Waals surface area contributed by atoms with Crippen LogP contribution >= 0.6 is 11.6 Å². The van der Waals surface area contributed by atoms with Gasteiger partial charge in [-0.15, -0.1) is 0 Å². The second-order valence-electron chi connectivity index (χ2n) is 6.94. The van der Waals surface area contributed by atoms with Crippen molar-refractivity contribution in [2.45, 2.75) is 37.8 Å². The molecular formula is C17H20ClF2N3O3. The molecule has 142 valence electrons. The lowest BCUT2D eigenvalue weighted by Crippen LogP contribution is -2.55. The number of amides is 2. The molecule has 0 aromatic heterocycles. The monoisotopic (exact) mass is 387 g/mol. The molecular weight excluding hydrogens is 368 g/mol. The van der Waals surface area contributed by atoms with Crippen molar-refractivity contribution in [2.75, 3.05) is 18.4 Å². The van der Waals surface area contributed by atoms with E-state index >= 15 is 0 Å². The molecule has 2 aliphatic carbocycles. The van der Waals surface area contributed by atoms with Gasteiger partial charge in [-0.1, -0.05) is 11.6 Å². The van der Waals surface area contributed by atoms with E-state index in [1.807, 2.05) is 4.90 Å². The molecule has 1 aromatic carbocycles. The van der Waals surface area contributed by atoms with E-state index < -0.39 is 23.6 Å². The standard InChI is InChI=1S/C17H20ClF2N3O3/c18-10-3-13(19)16(20)14(4-10)22-17(26)21-11-5-12(6-11)23(8-15(24)25)7-9-1-2-9/h3-4,9,11-12H,1-2,5-8H2,(H,24,25)(H2,21,22,26). The number of nitrogens with zero attached hydrogens (tertiary/aromatic N) is 1. The van der Waals surface area contributed by atoms with Crippen LogP contribution < -0.4 is 10.6 Å². The van der Waals surface area contributed by atoms with Crippen molar-refractivity contribution in [3.63, 3.8) is 0 Å². The number of aliphatic carboxylic acids is 1.